The monoisotopic (exact) mass is 551 g/mol. The van der Waals surface area contributed by atoms with Gasteiger partial charge in [-0.25, -0.2) is 4.79 Å². The lowest BCUT2D eigenvalue weighted by Gasteiger charge is -2.33. The number of nitriles is 1. The summed E-state index contributed by atoms with van der Waals surface area (Å²) in [7, 11) is 0. The number of benzene rings is 3. The minimum Gasteiger partial charge on any atom is -0.489 e. The smallest absolute Gasteiger partial charge is 0.410 e. The third kappa shape index (κ3) is 6.96. The number of halogens is 1. The molecule has 1 aliphatic rings. The number of rotatable bonds is 6. The molecule has 39 heavy (non-hydrogen) atoms. The van der Waals surface area contributed by atoms with Gasteiger partial charge in [-0.05, 0) is 61.4 Å². The van der Waals surface area contributed by atoms with Crippen molar-refractivity contribution in [2.45, 2.75) is 57.8 Å². The molecule has 0 radical (unpaired) electrons. The molecule has 0 saturated carbocycles. The third-order valence-electron chi connectivity index (χ3n) is 6.51. The van der Waals surface area contributed by atoms with Crippen molar-refractivity contribution in [1.82, 2.24) is 4.90 Å². The summed E-state index contributed by atoms with van der Waals surface area (Å²) in [4.78, 5) is 25.2. The molecule has 1 unspecified atom stereocenters. The molecule has 9 nitrogen and oxygen atoms in total. The SMILES string of the molecule is CC(C)(C)OC(=O)N1CCC(Oc2cc(CC(O)c3ccc4ccc(C#N)cc4c3)c([N+](=O)[O-])cc2Cl)CC1. The van der Waals surface area contributed by atoms with Crippen molar-refractivity contribution in [3.05, 3.63) is 80.4 Å². The van der Waals surface area contributed by atoms with Crippen LogP contribution >= 0.6 is 11.6 Å². The van der Waals surface area contributed by atoms with Gasteiger partial charge < -0.3 is 19.5 Å². The standard InChI is InChI=1S/C29H30ClN3O6/c1-29(2,3)39-28(35)32-10-8-23(9-11-32)38-27-15-22(25(33(36)37)16-24(27)30)14-26(34)20-7-6-19-5-4-18(17-31)12-21(19)13-20/h4-7,12-13,15-16,23,26,34H,8-11,14H2,1-3H3. The number of aliphatic hydroxyl groups excluding tert-OH is 1. The number of nitrogens with zero attached hydrogens (tertiary/aromatic N) is 3. The molecule has 1 aliphatic heterocycles. The van der Waals surface area contributed by atoms with E-state index in [1.165, 1.54) is 12.1 Å². The van der Waals surface area contributed by atoms with Crippen LogP contribution in [0.25, 0.3) is 10.8 Å². The van der Waals surface area contributed by atoms with Gasteiger partial charge in [0, 0.05) is 44.0 Å². The van der Waals surface area contributed by atoms with Gasteiger partial charge in [0.15, 0.2) is 0 Å². The number of piperidine rings is 1. The van der Waals surface area contributed by atoms with E-state index in [2.05, 4.69) is 6.07 Å². The van der Waals surface area contributed by atoms with E-state index < -0.39 is 16.6 Å². The zero-order valence-electron chi connectivity index (χ0n) is 22.0. The van der Waals surface area contributed by atoms with E-state index >= 15 is 0 Å². The molecule has 1 amide bonds. The molecule has 1 atom stereocenters. The Bertz CT molecular complexity index is 1440. The fourth-order valence-electron chi connectivity index (χ4n) is 4.54. The summed E-state index contributed by atoms with van der Waals surface area (Å²) < 4.78 is 11.5. The van der Waals surface area contributed by atoms with Crippen LogP contribution in [-0.2, 0) is 11.2 Å². The number of likely N-dealkylation sites (tertiary alicyclic amines) is 1. The molecule has 10 heteroatoms. The molecular formula is C29H30ClN3O6. The van der Waals surface area contributed by atoms with Crippen molar-refractivity contribution in [1.29, 1.82) is 5.26 Å². The first kappa shape index (κ1) is 28.1. The molecule has 1 saturated heterocycles. The number of ether oxygens (including phenoxy) is 2. The Kier molecular flexibility index (Phi) is 8.28. The second-order valence-electron chi connectivity index (χ2n) is 10.6. The maximum atomic E-state index is 12.3. The Morgan fingerprint density at radius 3 is 2.51 bits per heavy atom. The van der Waals surface area contributed by atoms with Gasteiger partial charge in [-0.3, -0.25) is 10.1 Å². The number of carbonyl (C=O) groups is 1. The highest BCUT2D eigenvalue weighted by molar-refractivity contribution is 6.32. The fraction of sp³-hybridized carbons (Fsp3) is 0.379. The largest absolute Gasteiger partial charge is 0.489 e. The number of amides is 1. The summed E-state index contributed by atoms with van der Waals surface area (Å²) in [5.74, 6) is 0.289. The number of carbonyl (C=O) groups excluding carboxylic acids is 1. The van der Waals surface area contributed by atoms with Crippen LogP contribution in [0.3, 0.4) is 0 Å². The van der Waals surface area contributed by atoms with Gasteiger partial charge in [0.25, 0.3) is 5.69 Å². The van der Waals surface area contributed by atoms with E-state index in [0.29, 0.717) is 37.1 Å². The highest BCUT2D eigenvalue weighted by Gasteiger charge is 2.29. The maximum Gasteiger partial charge on any atom is 0.410 e. The molecular weight excluding hydrogens is 522 g/mol. The van der Waals surface area contributed by atoms with Gasteiger partial charge >= 0.3 is 6.09 Å². The van der Waals surface area contributed by atoms with E-state index in [0.717, 1.165) is 10.8 Å². The van der Waals surface area contributed by atoms with Crippen molar-refractivity contribution in [2.24, 2.45) is 0 Å². The molecule has 3 aromatic carbocycles. The van der Waals surface area contributed by atoms with Crippen LogP contribution in [0.2, 0.25) is 5.02 Å². The van der Waals surface area contributed by atoms with E-state index in [-0.39, 0.29) is 40.6 Å². The first-order valence-electron chi connectivity index (χ1n) is 12.7. The van der Waals surface area contributed by atoms with Crippen LogP contribution in [-0.4, -0.2) is 45.8 Å². The normalized spacial score (nSPS) is 15.0. The lowest BCUT2D eigenvalue weighted by Crippen LogP contribution is -2.44. The molecule has 0 aromatic heterocycles. The van der Waals surface area contributed by atoms with Crippen molar-refractivity contribution in [3.8, 4) is 11.8 Å². The molecule has 1 fully saturated rings. The summed E-state index contributed by atoms with van der Waals surface area (Å²) in [6, 6.07) is 15.5. The molecule has 4 rings (SSSR count). The molecule has 1 N–H and O–H groups in total. The minimum atomic E-state index is -1.04. The van der Waals surface area contributed by atoms with E-state index in [9.17, 15) is 25.3 Å². The quantitative estimate of drug-likeness (QED) is 0.280. The van der Waals surface area contributed by atoms with Crippen molar-refractivity contribution in [2.75, 3.05) is 13.1 Å². The highest BCUT2D eigenvalue weighted by Crippen LogP contribution is 2.36. The summed E-state index contributed by atoms with van der Waals surface area (Å²) in [6.07, 6.45) is -0.591. The summed E-state index contributed by atoms with van der Waals surface area (Å²) in [6.45, 7) is 6.35. The van der Waals surface area contributed by atoms with E-state index in [4.69, 9.17) is 21.1 Å². The molecule has 3 aromatic rings. The second kappa shape index (κ2) is 11.5. The van der Waals surface area contributed by atoms with Crippen LogP contribution in [0.15, 0.2) is 48.5 Å². The predicted octanol–water partition coefficient (Wildman–Crippen LogP) is 6.33. The molecule has 1 heterocycles. The molecule has 0 spiro atoms. The Hall–Kier alpha value is -3.87. The molecule has 0 bridgehead atoms. The van der Waals surface area contributed by atoms with E-state index in [1.807, 2.05) is 32.9 Å². The summed E-state index contributed by atoms with van der Waals surface area (Å²) in [5.41, 5.74) is 0.562. The Balaban J connectivity index is 1.50. The van der Waals surface area contributed by atoms with E-state index in [1.54, 1.807) is 29.2 Å². The average Bonchev–Trinajstić information content (AvgIpc) is 2.88. The van der Waals surface area contributed by atoms with Crippen molar-refractivity contribution < 1.29 is 24.3 Å². The summed E-state index contributed by atoms with van der Waals surface area (Å²) in [5, 5.41) is 33.8. The minimum absolute atomic E-state index is 0.0373. The van der Waals surface area contributed by atoms with Gasteiger partial charge in [0.1, 0.15) is 17.5 Å². The van der Waals surface area contributed by atoms with Crippen LogP contribution < -0.4 is 4.74 Å². The number of nitro groups is 1. The van der Waals surface area contributed by atoms with Crippen LogP contribution in [0.1, 0.15) is 56.4 Å². The first-order chi connectivity index (χ1) is 18.4. The Morgan fingerprint density at radius 1 is 1.18 bits per heavy atom. The average molecular weight is 552 g/mol. The zero-order valence-corrected chi connectivity index (χ0v) is 22.8. The van der Waals surface area contributed by atoms with Crippen LogP contribution in [0.4, 0.5) is 10.5 Å². The second-order valence-corrected chi connectivity index (χ2v) is 11.0. The highest BCUT2D eigenvalue weighted by atomic mass is 35.5. The Morgan fingerprint density at radius 2 is 1.87 bits per heavy atom. The number of hydrogen-bond donors (Lipinski definition) is 1. The van der Waals surface area contributed by atoms with Gasteiger partial charge in [-0.1, -0.05) is 29.8 Å². The van der Waals surface area contributed by atoms with Gasteiger partial charge in [0.2, 0.25) is 0 Å². The topological polar surface area (TPSA) is 126 Å². The first-order valence-corrected chi connectivity index (χ1v) is 13.0. The van der Waals surface area contributed by atoms with Gasteiger partial charge in [0.05, 0.1) is 27.7 Å². The van der Waals surface area contributed by atoms with Crippen molar-refractivity contribution >= 4 is 34.2 Å². The number of nitro benzene ring substituents is 1. The van der Waals surface area contributed by atoms with Crippen molar-refractivity contribution in [3.63, 3.8) is 0 Å². The van der Waals surface area contributed by atoms with Gasteiger partial charge in [-0.15, -0.1) is 0 Å². The lowest BCUT2D eigenvalue weighted by molar-refractivity contribution is -0.385. The lowest BCUT2D eigenvalue weighted by atomic mass is 9.97. The van der Waals surface area contributed by atoms with Gasteiger partial charge in [-0.2, -0.15) is 5.26 Å². The number of hydrogen-bond acceptors (Lipinski definition) is 7. The third-order valence-corrected chi connectivity index (χ3v) is 6.80. The number of aliphatic hydroxyl groups is 1. The fourth-order valence-corrected chi connectivity index (χ4v) is 4.74. The zero-order chi connectivity index (χ0) is 28.3. The maximum absolute atomic E-state index is 12.3. The Labute approximate surface area is 231 Å². The molecule has 204 valence electrons. The summed E-state index contributed by atoms with van der Waals surface area (Å²) >= 11 is 6.36. The number of fused-ring (bicyclic) bond motifs is 1. The molecule has 0 aliphatic carbocycles. The van der Waals surface area contributed by atoms with Crippen LogP contribution in [0, 0.1) is 21.4 Å². The van der Waals surface area contributed by atoms with Crippen LogP contribution in [0.5, 0.6) is 5.75 Å². The predicted molar refractivity (Wildman–Crippen MR) is 147 cm³/mol.